The van der Waals surface area contributed by atoms with Gasteiger partial charge in [0.25, 0.3) is 5.91 Å². The highest BCUT2D eigenvalue weighted by atomic mass is 16.5. The van der Waals surface area contributed by atoms with Crippen molar-refractivity contribution >= 4 is 17.8 Å². The molecule has 0 aromatic heterocycles. The van der Waals surface area contributed by atoms with Gasteiger partial charge in [0.2, 0.25) is 0 Å². The van der Waals surface area contributed by atoms with Gasteiger partial charge in [0, 0.05) is 20.0 Å². The third-order valence-corrected chi connectivity index (χ3v) is 5.03. The van der Waals surface area contributed by atoms with E-state index in [1.807, 2.05) is 24.3 Å². The first-order chi connectivity index (χ1) is 13.9. The van der Waals surface area contributed by atoms with Crippen molar-refractivity contribution in [3.63, 3.8) is 0 Å². The summed E-state index contributed by atoms with van der Waals surface area (Å²) in [4.78, 5) is 37.2. The molecule has 29 heavy (non-hydrogen) atoms. The summed E-state index contributed by atoms with van der Waals surface area (Å²) in [6, 6.07) is 14.1. The third kappa shape index (κ3) is 5.67. The van der Waals surface area contributed by atoms with E-state index >= 15 is 0 Å². The molecule has 1 amide bonds. The smallest absolute Gasteiger partial charge is 0.338 e. The molecule has 6 nitrogen and oxygen atoms in total. The molecule has 0 atom stereocenters. The van der Waals surface area contributed by atoms with E-state index in [-0.39, 0.29) is 18.5 Å². The number of carbonyl (C=O) groups is 3. The van der Waals surface area contributed by atoms with E-state index in [2.05, 4.69) is 6.92 Å². The maximum absolute atomic E-state index is 12.2. The fourth-order valence-corrected chi connectivity index (χ4v) is 3.24. The zero-order valence-corrected chi connectivity index (χ0v) is 16.7. The minimum absolute atomic E-state index is 0.144. The lowest BCUT2D eigenvalue weighted by molar-refractivity contribution is -0.136. The van der Waals surface area contributed by atoms with Gasteiger partial charge in [-0.25, -0.2) is 4.79 Å². The Morgan fingerprint density at radius 1 is 0.931 bits per heavy atom. The summed E-state index contributed by atoms with van der Waals surface area (Å²) >= 11 is 0. The first-order valence-electron chi connectivity index (χ1n) is 9.76. The highest BCUT2D eigenvalue weighted by Gasteiger charge is 2.21. The topological polar surface area (TPSA) is 72.9 Å². The Labute approximate surface area is 170 Å². The number of hydrogen-bond acceptors (Lipinski definition) is 5. The summed E-state index contributed by atoms with van der Waals surface area (Å²) in [6.45, 7) is 4.75. The van der Waals surface area contributed by atoms with E-state index in [1.54, 1.807) is 29.2 Å². The number of benzene rings is 2. The molecule has 0 radical (unpaired) electrons. The lowest BCUT2D eigenvalue weighted by Gasteiger charge is -2.30. The van der Waals surface area contributed by atoms with E-state index in [4.69, 9.17) is 9.47 Å². The van der Waals surface area contributed by atoms with E-state index in [0.29, 0.717) is 17.2 Å². The largest absolute Gasteiger partial charge is 0.452 e. The van der Waals surface area contributed by atoms with Crippen LogP contribution in [0.5, 0.6) is 5.75 Å². The van der Waals surface area contributed by atoms with Gasteiger partial charge in [-0.3, -0.25) is 9.59 Å². The number of carbonyl (C=O) groups excluding carboxylic acids is 3. The van der Waals surface area contributed by atoms with Crippen molar-refractivity contribution < 1.29 is 23.9 Å². The number of rotatable bonds is 5. The van der Waals surface area contributed by atoms with E-state index in [1.165, 1.54) is 6.92 Å². The summed E-state index contributed by atoms with van der Waals surface area (Å²) in [5, 5.41) is 0. The predicted molar refractivity (Wildman–Crippen MR) is 108 cm³/mol. The molecule has 1 fully saturated rings. The molecule has 0 aliphatic carbocycles. The molecule has 0 bridgehead atoms. The summed E-state index contributed by atoms with van der Waals surface area (Å²) in [5.41, 5.74) is 2.23. The van der Waals surface area contributed by atoms with Gasteiger partial charge in [-0.15, -0.1) is 0 Å². The van der Waals surface area contributed by atoms with Gasteiger partial charge < -0.3 is 14.4 Å². The predicted octanol–water partition coefficient (Wildman–Crippen LogP) is 3.69. The van der Waals surface area contributed by atoms with Gasteiger partial charge in [-0.1, -0.05) is 31.2 Å². The van der Waals surface area contributed by atoms with Crippen LogP contribution in [-0.2, 0) is 14.3 Å². The number of hydrogen-bond donors (Lipinski definition) is 0. The van der Waals surface area contributed by atoms with Gasteiger partial charge in [0.1, 0.15) is 5.75 Å². The van der Waals surface area contributed by atoms with Crippen LogP contribution in [0, 0.1) is 5.92 Å². The third-order valence-electron chi connectivity index (χ3n) is 5.03. The van der Waals surface area contributed by atoms with Crippen molar-refractivity contribution in [2.45, 2.75) is 26.7 Å². The molecule has 0 saturated carbocycles. The lowest BCUT2D eigenvalue weighted by atomic mass is 9.99. The number of ether oxygens (including phenoxy) is 2. The molecule has 0 unspecified atom stereocenters. The maximum Gasteiger partial charge on any atom is 0.338 e. The summed E-state index contributed by atoms with van der Waals surface area (Å²) < 4.78 is 10.2. The van der Waals surface area contributed by atoms with Crippen molar-refractivity contribution in [2.75, 3.05) is 19.7 Å². The second kappa shape index (κ2) is 9.37. The van der Waals surface area contributed by atoms with Gasteiger partial charge in [-0.05, 0) is 54.2 Å². The van der Waals surface area contributed by atoms with Gasteiger partial charge >= 0.3 is 11.9 Å². The zero-order chi connectivity index (χ0) is 20.8. The Morgan fingerprint density at radius 2 is 1.48 bits per heavy atom. The summed E-state index contributed by atoms with van der Waals surface area (Å²) in [6.07, 6.45) is 1.98. The molecule has 0 N–H and O–H groups in total. The monoisotopic (exact) mass is 395 g/mol. The Hall–Kier alpha value is -3.15. The average molecular weight is 395 g/mol. The van der Waals surface area contributed by atoms with Crippen LogP contribution in [0.15, 0.2) is 48.5 Å². The zero-order valence-electron chi connectivity index (χ0n) is 16.7. The molecule has 1 aliphatic rings. The van der Waals surface area contributed by atoms with E-state index in [0.717, 1.165) is 37.1 Å². The standard InChI is InChI=1S/C23H25NO5/c1-16-11-13-24(14-12-16)22(26)15-28-23(27)20-5-3-18(4-6-20)19-7-9-21(10-8-19)29-17(2)25/h3-10,16H,11-15H2,1-2H3. The molecule has 3 rings (SSSR count). The van der Waals surface area contributed by atoms with Crippen LogP contribution >= 0.6 is 0 Å². The molecule has 6 heteroatoms. The minimum Gasteiger partial charge on any atom is -0.452 e. The second-order valence-corrected chi connectivity index (χ2v) is 7.33. The van der Waals surface area contributed by atoms with Crippen LogP contribution in [0.1, 0.15) is 37.0 Å². The molecule has 0 spiro atoms. The van der Waals surface area contributed by atoms with Crippen molar-refractivity contribution in [1.29, 1.82) is 0 Å². The molecule has 2 aromatic rings. The Bertz CT molecular complexity index is 865. The van der Waals surface area contributed by atoms with Crippen LogP contribution in [0.25, 0.3) is 11.1 Å². The molecule has 2 aromatic carbocycles. The minimum atomic E-state index is -0.513. The number of nitrogens with zero attached hydrogens (tertiary/aromatic N) is 1. The molecule has 152 valence electrons. The highest BCUT2D eigenvalue weighted by Crippen LogP contribution is 2.23. The second-order valence-electron chi connectivity index (χ2n) is 7.33. The van der Waals surface area contributed by atoms with Crippen molar-refractivity contribution in [3.05, 3.63) is 54.1 Å². The molecule has 1 saturated heterocycles. The molecular formula is C23H25NO5. The van der Waals surface area contributed by atoms with E-state index in [9.17, 15) is 14.4 Å². The number of piperidine rings is 1. The van der Waals surface area contributed by atoms with Crippen LogP contribution in [0.4, 0.5) is 0 Å². The summed E-state index contributed by atoms with van der Waals surface area (Å²) in [5.74, 6) is 0.0939. The Kier molecular flexibility index (Phi) is 6.65. The normalized spacial score (nSPS) is 14.3. The van der Waals surface area contributed by atoms with Crippen LogP contribution in [0.2, 0.25) is 0 Å². The Morgan fingerprint density at radius 3 is 2.03 bits per heavy atom. The van der Waals surface area contributed by atoms with Gasteiger partial charge in [-0.2, -0.15) is 0 Å². The quantitative estimate of drug-likeness (QED) is 0.570. The SMILES string of the molecule is CC(=O)Oc1ccc(-c2ccc(C(=O)OCC(=O)N3CCC(C)CC3)cc2)cc1. The van der Waals surface area contributed by atoms with Crippen LogP contribution in [0.3, 0.4) is 0 Å². The highest BCUT2D eigenvalue weighted by molar-refractivity contribution is 5.92. The Balaban J connectivity index is 1.54. The van der Waals surface area contributed by atoms with Gasteiger partial charge in [0.05, 0.1) is 5.56 Å². The molecular weight excluding hydrogens is 370 g/mol. The van der Waals surface area contributed by atoms with E-state index < -0.39 is 5.97 Å². The van der Waals surface area contributed by atoms with Crippen LogP contribution < -0.4 is 4.74 Å². The maximum atomic E-state index is 12.2. The van der Waals surface area contributed by atoms with Crippen molar-refractivity contribution in [2.24, 2.45) is 5.92 Å². The summed E-state index contributed by atoms with van der Waals surface area (Å²) in [7, 11) is 0. The number of esters is 2. The number of likely N-dealkylation sites (tertiary alicyclic amines) is 1. The average Bonchev–Trinajstić information content (AvgIpc) is 2.72. The van der Waals surface area contributed by atoms with Crippen molar-refractivity contribution in [3.8, 4) is 16.9 Å². The molecule has 1 aliphatic heterocycles. The molecule has 1 heterocycles. The lowest BCUT2D eigenvalue weighted by Crippen LogP contribution is -2.40. The fraction of sp³-hybridized carbons (Fsp3) is 0.348. The fourth-order valence-electron chi connectivity index (χ4n) is 3.24. The van der Waals surface area contributed by atoms with Crippen molar-refractivity contribution in [1.82, 2.24) is 4.90 Å². The van der Waals surface area contributed by atoms with Gasteiger partial charge in [0.15, 0.2) is 6.61 Å². The van der Waals surface area contributed by atoms with Crippen LogP contribution in [-0.4, -0.2) is 42.4 Å². The first kappa shape index (κ1) is 20.6. The first-order valence-corrected chi connectivity index (χ1v) is 9.76. The number of amides is 1.